The van der Waals surface area contributed by atoms with Crippen LogP contribution in [0.25, 0.3) is 0 Å². The maximum absolute atomic E-state index is 12.0. The molecule has 2 saturated heterocycles. The number of rotatable bonds is 4. The molecular formula is C12H17N3O6S2. The number of hydrogen-bond acceptors (Lipinski definition) is 7. The first-order valence-corrected chi connectivity index (χ1v) is 9.74. The second-order valence-electron chi connectivity index (χ2n) is 5.33. The molecule has 0 radical (unpaired) electrons. The molecule has 1 N–H and O–H groups in total. The lowest BCUT2D eigenvalue weighted by Crippen LogP contribution is -2.47. The van der Waals surface area contributed by atoms with Gasteiger partial charge in [0.2, 0.25) is 5.91 Å². The lowest BCUT2D eigenvalue weighted by molar-refractivity contribution is -0.146. The maximum Gasteiger partial charge on any atom is 0.311 e. The number of carbonyl (C=O) groups is 4. The van der Waals surface area contributed by atoms with Gasteiger partial charge in [-0.3, -0.25) is 24.1 Å². The quantitative estimate of drug-likeness (QED) is 0.600. The Labute approximate surface area is 137 Å². The molecule has 2 rings (SSSR count). The second kappa shape index (κ2) is 6.87. The van der Waals surface area contributed by atoms with E-state index in [1.165, 1.54) is 7.05 Å². The lowest BCUT2D eigenvalue weighted by Gasteiger charge is -2.22. The minimum Gasteiger partial charge on any atom is -0.346 e. The fourth-order valence-corrected chi connectivity index (χ4v) is 4.89. The number of nitrogens with one attached hydrogen (secondary N) is 1. The third-order valence-corrected chi connectivity index (χ3v) is 6.34. The highest BCUT2D eigenvalue weighted by molar-refractivity contribution is 8.14. The molecule has 0 spiro atoms. The minimum absolute atomic E-state index is 0.00517. The van der Waals surface area contributed by atoms with E-state index in [9.17, 15) is 27.6 Å². The summed E-state index contributed by atoms with van der Waals surface area (Å²) in [5.74, 6) is -2.09. The average Bonchev–Trinajstić information content (AvgIpc) is 3.01. The summed E-state index contributed by atoms with van der Waals surface area (Å²) in [5.41, 5.74) is 0. The van der Waals surface area contributed by atoms with Crippen molar-refractivity contribution >= 4 is 44.6 Å². The van der Waals surface area contributed by atoms with Crippen LogP contribution in [0.4, 0.5) is 4.79 Å². The first-order chi connectivity index (χ1) is 10.7. The molecule has 2 fully saturated rings. The van der Waals surface area contributed by atoms with Crippen molar-refractivity contribution in [3.63, 3.8) is 0 Å². The zero-order valence-corrected chi connectivity index (χ0v) is 14.1. The van der Waals surface area contributed by atoms with Gasteiger partial charge in [-0.25, -0.2) is 8.42 Å². The number of likely N-dealkylation sites (N-methyl/N-ethyl adjacent to an activating group) is 1. The topological polar surface area (TPSA) is 121 Å². The van der Waals surface area contributed by atoms with Crippen LogP contribution in [-0.4, -0.2) is 84.6 Å². The molecule has 9 nitrogen and oxygen atoms in total. The fourth-order valence-electron chi connectivity index (χ4n) is 2.36. The van der Waals surface area contributed by atoms with E-state index in [0.717, 1.165) is 21.6 Å². The van der Waals surface area contributed by atoms with E-state index in [1.807, 2.05) is 0 Å². The molecule has 0 saturated carbocycles. The standard InChI is InChI=1S/C12H17N3O6S2/c1-14(8-2-5-23(20,21)7-8)11(18)10(17)13-3-4-15-9(16)6-22-12(15)19/h8H,2-7H2,1H3,(H,13,17). The van der Waals surface area contributed by atoms with E-state index in [-0.39, 0.29) is 41.5 Å². The van der Waals surface area contributed by atoms with Crippen LogP contribution in [0.15, 0.2) is 0 Å². The van der Waals surface area contributed by atoms with Crippen molar-refractivity contribution in [1.29, 1.82) is 0 Å². The van der Waals surface area contributed by atoms with E-state index >= 15 is 0 Å². The van der Waals surface area contributed by atoms with E-state index < -0.39 is 27.7 Å². The van der Waals surface area contributed by atoms with Crippen LogP contribution in [0.2, 0.25) is 0 Å². The number of nitrogens with zero attached hydrogens (tertiary/aromatic N) is 2. The van der Waals surface area contributed by atoms with Crippen molar-refractivity contribution in [1.82, 2.24) is 15.1 Å². The number of imide groups is 1. The molecule has 2 aliphatic heterocycles. The Balaban J connectivity index is 1.80. The fraction of sp³-hybridized carbons (Fsp3) is 0.667. The minimum atomic E-state index is -3.15. The molecule has 4 amide bonds. The molecular weight excluding hydrogens is 346 g/mol. The summed E-state index contributed by atoms with van der Waals surface area (Å²) in [4.78, 5) is 48.6. The molecule has 1 unspecified atom stereocenters. The van der Waals surface area contributed by atoms with Gasteiger partial charge < -0.3 is 10.2 Å². The smallest absolute Gasteiger partial charge is 0.311 e. The van der Waals surface area contributed by atoms with Crippen LogP contribution in [-0.2, 0) is 24.2 Å². The van der Waals surface area contributed by atoms with E-state index in [1.54, 1.807) is 0 Å². The molecule has 2 aliphatic rings. The van der Waals surface area contributed by atoms with Crippen LogP contribution in [0.3, 0.4) is 0 Å². The Hall–Kier alpha value is -1.62. The predicted molar refractivity (Wildman–Crippen MR) is 82.4 cm³/mol. The van der Waals surface area contributed by atoms with Gasteiger partial charge in [0, 0.05) is 26.2 Å². The number of amides is 4. The summed E-state index contributed by atoms with van der Waals surface area (Å²) in [7, 11) is -1.76. The molecule has 0 aromatic heterocycles. The van der Waals surface area contributed by atoms with Crippen molar-refractivity contribution in [2.75, 3.05) is 37.4 Å². The van der Waals surface area contributed by atoms with Gasteiger partial charge >= 0.3 is 11.8 Å². The summed E-state index contributed by atoms with van der Waals surface area (Å²) >= 11 is 0.893. The Morgan fingerprint density at radius 1 is 1.39 bits per heavy atom. The van der Waals surface area contributed by atoms with Crippen molar-refractivity contribution < 1.29 is 27.6 Å². The third-order valence-electron chi connectivity index (χ3n) is 3.73. The largest absolute Gasteiger partial charge is 0.346 e. The Morgan fingerprint density at radius 2 is 2.09 bits per heavy atom. The van der Waals surface area contributed by atoms with Crippen molar-refractivity contribution in [2.24, 2.45) is 0 Å². The Kier molecular flexibility index (Phi) is 5.30. The summed E-state index contributed by atoms with van der Waals surface area (Å²) in [5, 5.41) is 1.97. The summed E-state index contributed by atoms with van der Waals surface area (Å²) < 4.78 is 22.8. The molecule has 11 heteroatoms. The van der Waals surface area contributed by atoms with Crippen LogP contribution < -0.4 is 5.32 Å². The van der Waals surface area contributed by atoms with Gasteiger partial charge in [0.25, 0.3) is 5.24 Å². The SMILES string of the molecule is CN(C(=O)C(=O)NCCN1C(=O)CSC1=O)C1CCS(=O)(=O)C1. The average molecular weight is 363 g/mol. The van der Waals surface area contributed by atoms with Crippen LogP contribution in [0, 0.1) is 0 Å². The molecule has 0 aliphatic carbocycles. The first kappa shape index (κ1) is 17.7. The molecule has 0 bridgehead atoms. The zero-order valence-electron chi connectivity index (χ0n) is 12.5. The van der Waals surface area contributed by atoms with Crippen molar-refractivity contribution in [3.05, 3.63) is 0 Å². The van der Waals surface area contributed by atoms with Gasteiger partial charge in [0.15, 0.2) is 9.84 Å². The predicted octanol–water partition coefficient (Wildman–Crippen LogP) is -1.56. The molecule has 0 aromatic carbocycles. The van der Waals surface area contributed by atoms with Gasteiger partial charge in [-0.2, -0.15) is 0 Å². The summed E-state index contributed by atoms with van der Waals surface area (Å²) in [6, 6.07) is -0.503. The number of hydrogen-bond donors (Lipinski definition) is 1. The number of thioether (sulfide) groups is 1. The molecule has 1 atom stereocenters. The normalized spacial score (nSPS) is 23.2. The van der Waals surface area contributed by atoms with Gasteiger partial charge in [0.1, 0.15) is 0 Å². The summed E-state index contributed by atoms with van der Waals surface area (Å²) in [6.45, 7) is -0.0232. The van der Waals surface area contributed by atoms with Gasteiger partial charge in [0.05, 0.1) is 17.3 Å². The van der Waals surface area contributed by atoms with E-state index in [2.05, 4.69) is 5.32 Å². The Bertz CT molecular complexity index is 631. The van der Waals surface area contributed by atoms with Crippen LogP contribution >= 0.6 is 11.8 Å². The first-order valence-electron chi connectivity index (χ1n) is 6.94. The van der Waals surface area contributed by atoms with Gasteiger partial charge in [-0.05, 0) is 6.42 Å². The highest BCUT2D eigenvalue weighted by Crippen LogP contribution is 2.18. The van der Waals surface area contributed by atoms with E-state index in [4.69, 9.17) is 0 Å². The molecule has 0 aromatic rings. The van der Waals surface area contributed by atoms with Crippen molar-refractivity contribution in [3.8, 4) is 0 Å². The highest BCUT2D eigenvalue weighted by Gasteiger charge is 2.35. The third kappa shape index (κ3) is 4.22. The van der Waals surface area contributed by atoms with E-state index in [0.29, 0.717) is 6.42 Å². The Morgan fingerprint density at radius 3 is 2.61 bits per heavy atom. The van der Waals surface area contributed by atoms with Gasteiger partial charge in [-0.15, -0.1) is 0 Å². The molecule has 2 heterocycles. The zero-order chi connectivity index (χ0) is 17.2. The maximum atomic E-state index is 12.0. The van der Waals surface area contributed by atoms with Gasteiger partial charge in [-0.1, -0.05) is 11.8 Å². The summed E-state index contributed by atoms with van der Waals surface area (Å²) in [6.07, 6.45) is 0.311. The monoisotopic (exact) mass is 363 g/mol. The molecule has 128 valence electrons. The number of carbonyl (C=O) groups excluding carboxylic acids is 4. The lowest BCUT2D eigenvalue weighted by atomic mass is 10.2. The van der Waals surface area contributed by atoms with Crippen molar-refractivity contribution in [2.45, 2.75) is 12.5 Å². The number of sulfone groups is 1. The highest BCUT2D eigenvalue weighted by atomic mass is 32.2. The molecule has 23 heavy (non-hydrogen) atoms. The van der Waals surface area contributed by atoms with Crippen LogP contribution in [0.1, 0.15) is 6.42 Å². The second-order valence-corrected chi connectivity index (χ2v) is 8.48. The van der Waals surface area contributed by atoms with Crippen LogP contribution in [0.5, 0.6) is 0 Å².